The van der Waals surface area contributed by atoms with Crippen LogP contribution in [0.1, 0.15) is 26.3 Å². The monoisotopic (exact) mass is 421 g/mol. The van der Waals surface area contributed by atoms with Gasteiger partial charge >= 0.3 is 0 Å². The van der Waals surface area contributed by atoms with Crippen molar-refractivity contribution in [1.82, 2.24) is 5.43 Å². The number of nitrogens with zero attached hydrogens (tertiary/aromatic N) is 1. The molecule has 30 heavy (non-hydrogen) atoms. The minimum absolute atomic E-state index is 0.186. The first-order chi connectivity index (χ1) is 14.6. The minimum Gasteiger partial charge on any atom is -0.454 e. The molecule has 0 atom stereocenters. The lowest BCUT2D eigenvalue weighted by Gasteiger charge is -2.10. The van der Waals surface area contributed by atoms with Gasteiger partial charge in [-0.15, -0.1) is 0 Å². The number of fused-ring (bicyclic) bond motifs is 1. The summed E-state index contributed by atoms with van der Waals surface area (Å²) in [6.45, 7) is 0.186. The van der Waals surface area contributed by atoms with E-state index in [0.717, 1.165) is 5.56 Å². The normalized spacial score (nSPS) is 12.0. The maximum atomic E-state index is 12.6. The van der Waals surface area contributed by atoms with Crippen LogP contribution in [0.2, 0.25) is 5.02 Å². The number of rotatable bonds is 5. The van der Waals surface area contributed by atoms with Crippen LogP contribution in [0.25, 0.3) is 0 Å². The number of nitrogens with one attached hydrogen (secondary N) is 2. The average Bonchev–Trinajstić information content (AvgIpc) is 3.22. The lowest BCUT2D eigenvalue weighted by atomic mass is 10.1. The Balaban J connectivity index is 1.44. The van der Waals surface area contributed by atoms with E-state index in [2.05, 4.69) is 15.8 Å². The van der Waals surface area contributed by atoms with E-state index in [1.165, 1.54) is 6.21 Å². The number of benzene rings is 3. The second-order valence-corrected chi connectivity index (χ2v) is 6.75. The summed E-state index contributed by atoms with van der Waals surface area (Å²) < 4.78 is 10.6. The second-order valence-electron chi connectivity index (χ2n) is 6.32. The molecule has 0 bridgehead atoms. The maximum Gasteiger partial charge on any atom is 0.273 e. The van der Waals surface area contributed by atoms with Crippen molar-refractivity contribution in [2.75, 3.05) is 12.1 Å². The van der Waals surface area contributed by atoms with Crippen LogP contribution in [0.3, 0.4) is 0 Å². The quantitative estimate of drug-likeness (QED) is 0.479. The molecule has 7 nitrogen and oxygen atoms in total. The molecule has 0 radical (unpaired) electrons. The summed E-state index contributed by atoms with van der Waals surface area (Å²) in [7, 11) is 0. The Kier molecular flexibility index (Phi) is 5.63. The summed E-state index contributed by atoms with van der Waals surface area (Å²) in [6.07, 6.45) is 1.49. The van der Waals surface area contributed by atoms with E-state index >= 15 is 0 Å². The summed E-state index contributed by atoms with van der Waals surface area (Å²) in [4.78, 5) is 25.0. The molecule has 3 aromatic rings. The van der Waals surface area contributed by atoms with E-state index in [9.17, 15) is 9.59 Å². The Morgan fingerprint density at radius 2 is 1.70 bits per heavy atom. The van der Waals surface area contributed by atoms with Gasteiger partial charge in [-0.25, -0.2) is 5.43 Å². The van der Waals surface area contributed by atoms with E-state index in [4.69, 9.17) is 21.1 Å². The third kappa shape index (κ3) is 4.42. The molecule has 2 N–H and O–H groups in total. The first-order valence-corrected chi connectivity index (χ1v) is 9.37. The molecule has 150 valence electrons. The number of carbonyl (C=O) groups excluding carboxylic acids is 2. The predicted molar refractivity (Wildman–Crippen MR) is 113 cm³/mol. The van der Waals surface area contributed by atoms with Crippen molar-refractivity contribution < 1.29 is 19.1 Å². The predicted octanol–water partition coefficient (Wildman–Crippen LogP) is 4.08. The zero-order chi connectivity index (χ0) is 20.9. The SMILES string of the molecule is O=C(Nc1ccccc1C(=O)N/N=C/c1ccc2c(c1)OCO2)c1ccc(Cl)cc1. The Hall–Kier alpha value is -3.84. The van der Waals surface area contributed by atoms with Crippen LogP contribution in [0, 0.1) is 0 Å². The van der Waals surface area contributed by atoms with E-state index in [0.29, 0.717) is 27.8 Å². The van der Waals surface area contributed by atoms with E-state index in [1.807, 2.05) is 0 Å². The van der Waals surface area contributed by atoms with Gasteiger partial charge in [0.05, 0.1) is 17.5 Å². The smallest absolute Gasteiger partial charge is 0.273 e. The number of anilines is 1. The van der Waals surface area contributed by atoms with Crippen molar-refractivity contribution in [2.24, 2.45) is 5.10 Å². The van der Waals surface area contributed by atoms with Gasteiger partial charge in [-0.2, -0.15) is 5.10 Å². The van der Waals surface area contributed by atoms with Crippen molar-refractivity contribution in [2.45, 2.75) is 0 Å². The molecule has 8 heteroatoms. The number of para-hydroxylation sites is 1. The standard InChI is InChI=1S/C22H16ClN3O4/c23-16-8-6-15(7-9-16)21(27)25-18-4-2-1-3-17(18)22(28)26-24-12-14-5-10-19-20(11-14)30-13-29-19/h1-12H,13H2,(H,25,27)(H,26,28)/b24-12+. The van der Waals surface area contributed by atoms with Gasteiger partial charge in [-0.1, -0.05) is 23.7 Å². The number of hydrogen-bond donors (Lipinski definition) is 2. The van der Waals surface area contributed by atoms with Gasteiger partial charge in [0.15, 0.2) is 11.5 Å². The highest BCUT2D eigenvalue weighted by Crippen LogP contribution is 2.32. The fourth-order valence-electron chi connectivity index (χ4n) is 2.80. The number of hydrazone groups is 1. The molecule has 0 aliphatic carbocycles. The summed E-state index contributed by atoms with van der Waals surface area (Å²) in [5, 5.41) is 7.26. The largest absolute Gasteiger partial charge is 0.454 e. The summed E-state index contributed by atoms with van der Waals surface area (Å²) in [5.74, 6) is 0.483. The molecule has 0 saturated carbocycles. The van der Waals surface area contributed by atoms with Crippen LogP contribution in [-0.4, -0.2) is 24.8 Å². The number of hydrogen-bond acceptors (Lipinski definition) is 5. The summed E-state index contributed by atoms with van der Waals surface area (Å²) in [5.41, 5.74) is 4.28. The lowest BCUT2D eigenvalue weighted by molar-refractivity contribution is 0.0956. The fourth-order valence-corrected chi connectivity index (χ4v) is 2.93. The van der Waals surface area contributed by atoms with Gasteiger partial charge in [0.1, 0.15) is 0 Å². The van der Waals surface area contributed by atoms with Crippen molar-refractivity contribution in [3.8, 4) is 11.5 Å². The highest BCUT2D eigenvalue weighted by atomic mass is 35.5. The van der Waals surface area contributed by atoms with E-state index in [1.54, 1.807) is 66.7 Å². The van der Waals surface area contributed by atoms with Crippen molar-refractivity contribution in [1.29, 1.82) is 0 Å². The molecule has 2 amide bonds. The Labute approximate surface area is 177 Å². The Bertz CT molecular complexity index is 1130. The maximum absolute atomic E-state index is 12.6. The molecule has 1 heterocycles. The molecule has 1 aliphatic rings. The van der Waals surface area contributed by atoms with Gasteiger partial charge < -0.3 is 14.8 Å². The second kappa shape index (κ2) is 8.67. The van der Waals surface area contributed by atoms with Crippen molar-refractivity contribution in [3.63, 3.8) is 0 Å². The van der Waals surface area contributed by atoms with Gasteiger partial charge in [0.25, 0.3) is 11.8 Å². The molecular weight excluding hydrogens is 406 g/mol. The van der Waals surface area contributed by atoms with Gasteiger partial charge in [0, 0.05) is 10.6 Å². The van der Waals surface area contributed by atoms with Crippen molar-refractivity contribution in [3.05, 3.63) is 88.4 Å². The zero-order valence-corrected chi connectivity index (χ0v) is 16.3. The molecule has 1 aliphatic heterocycles. The Morgan fingerprint density at radius 1 is 0.933 bits per heavy atom. The number of ether oxygens (including phenoxy) is 2. The van der Waals surface area contributed by atoms with Crippen LogP contribution in [-0.2, 0) is 0 Å². The number of halogens is 1. The van der Waals surface area contributed by atoms with Gasteiger partial charge in [-0.05, 0) is 60.2 Å². The molecule has 4 rings (SSSR count). The topological polar surface area (TPSA) is 89.0 Å². The zero-order valence-electron chi connectivity index (χ0n) is 15.6. The average molecular weight is 422 g/mol. The van der Waals surface area contributed by atoms with Gasteiger partial charge in [0.2, 0.25) is 6.79 Å². The molecular formula is C22H16ClN3O4. The summed E-state index contributed by atoms with van der Waals surface area (Å²) in [6, 6.07) is 18.5. The van der Waals surface area contributed by atoms with Crippen LogP contribution in [0.15, 0.2) is 71.8 Å². The first kappa shape index (κ1) is 19.5. The molecule has 0 saturated heterocycles. The third-order valence-corrected chi connectivity index (χ3v) is 4.55. The molecule has 0 fully saturated rings. The minimum atomic E-state index is -0.459. The highest BCUT2D eigenvalue weighted by molar-refractivity contribution is 6.30. The first-order valence-electron chi connectivity index (χ1n) is 8.99. The molecule has 0 aromatic heterocycles. The lowest BCUT2D eigenvalue weighted by Crippen LogP contribution is -2.21. The van der Waals surface area contributed by atoms with Crippen LogP contribution in [0.4, 0.5) is 5.69 Å². The van der Waals surface area contributed by atoms with Gasteiger partial charge in [-0.3, -0.25) is 9.59 Å². The highest BCUT2D eigenvalue weighted by Gasteiger charge is 2.14. The van der Waals surface area contributed by atoms with Crippen molar-refractivity contribution >= 4 is 35.3 Å². The molecule has 0 spiro atoms. The summed E-state index contributed by atoms with van der Waals surface area (Å²) >= 11 is 5.85. The van der Waals surface area contributed by atoms with E-state index < -0.39 is 5.91 Å². The number of amides is 2. The molecule has 0 unspecified atom stereocenters. The third-order valence-electron chi connectivity index (χ3n) is 4.30. The van der Waals surface area contributed by atoms with E-state index in [-0.39, 0.29) is 18.3 Å². The fraction of sp³-hybridized carbons (Fsp3) is 0.0455. The molecule has 3 aromatic carbocycles. The number of carbonyl (C=O) groups is 2. The van der Waals surface area contributed by atoms with Crippen LogP contribution < -0.4 is 20.2 Å². The van der Waals surface area contributed by atoms with Crippen LogP contribution in [0.5, 0.6) is 11.5 Å². The van der Waals surface area contributed by atoms with Crippen LogP contribution >= 0.6 is 11.6 Å². The Morgan fingerprint density at radius 3 is 2.53 bits per heavy atom.